The number of imidazole rings is 1. The van der Waals surface area contributed by atoms with Crippen molar-refractivity contribution in [3.05, 3.63) is 34.7 Å². The average molecular weight is 290 g/mol. The van der Waals surface area contributed by atoms with Gasteiger partial charge in [0.2, 0.25) is 11.8 Å². The van der Waals surface area contributed by atoms with E-state index in [0.717, 1.165) is 11.0 Å². The van der Waals surface area contributed by atoms with Gasteiger partial charge in [-0.2, -0.15) is 0 Å². The number of amides is 2. The second kappa shape index (κ2) is 6.74. The Morgan fingerprint density at radius 1 is 1.19 bits per heavy atom. The predicted octanol–water partition coefficient (Wildman–Crippen LogP) is -0.0280. The third-order valence-corrected chi connectivity index (χ3v) is 3.07. The fourth-order valence-corrected chi connectivity index (χ4v) is 2.08. The van der Waals surface area contributed by atoms with E-state index < -0.39 is 0 Å². The minimum Gasteiger partial charge on any atom is -0.356 e. The zero-order chi connectivity index (χ0) is 15.2. The molecule has 0 atom stereocenters. The molecule has 0 radical (unpaired) electrons. The van der Waals surface area contributed by atoms with Gasteiger partial charge in [0.1, 0.15) is 0 Å². The summed E-state index contributed by atoms with van der Waals surface area (Å²) in [6.07, 6.45) is 0.225. The summed E-state index contributed by atoms with van der Waals surface area (Å²) >= 11 is 0. The Balaban J connectivity index is 1.85. The third-order valence-electron chi connectivity index (χ3n) is 3.07. The molecule has 1 aromatic heterocycles. The lowest BCUT2D eigenvalue weighted by Crippen LogP contribution is -2.32. The Bertz CT molecular complexity index is 702. The lowest BCUT2D eigenvalue weighted by molar-refractivity contribution is -0.121. The summed E-state index contributed by atoms with van der Waals surface area (Å²) in [7, 11) is 0. The minimum absolute atomic E-state index is 0.156. The molecule has 0 saturated heterocycles. The van der Waals surface area contributed by atoms with Gasteiger partial charge in [-0.15, -0.1) is 0 Å². The van der Waals surface area contributed by atoms with E-state index in [1.54, 1.807) is 4.57 Å². The van der Waals surface area contributed by atoms with Crippen molar-refractivity contribution in [2.45, 2.75) is 19.9 Å². The molecule has 0 aliphatic heterocycles. The number of hydrogen-bond acceptors (Lipinski definition) is 3. The van der Waals surface area contributed by atoms with E-state index in [9.17, 15) is 14.4 Å². The molecule has 112 valence electrons. The van der Waals surface area contributed by atoms with Crippen LogP contribution in [0.5, 0.6) is 0 Å². The van der Waals surface area contributed by atoms with Crippen molar-refractivity contribution in [2.24, 2.45) is 0 Å². The Kier molecular flexibility index (Phi) is 4.76. The molecule has 3 N–H and O–H groups in total. The number of hydrogen-bond donors (Lipinski definition) is 3. The fraction of sp³-hybridized carbons (Fsp3) is 0.357. The Morgan fingerprint density at radius 2 is 1.95 bits per heavy atom. The van der Waals surface area contributed by atoms with Crippen molar-refractivity contribution in [3.8, 4) is 0 Å². The lowest BCUT2D eigenvalue weighted by Gasteiger charge is -2.06. The van der Waals surface area contributed by atoms with Crippen LogP contribution in [0.1, 0.15) is 13.3 Å². The summed E-state index contributed by atoms with van der Waals surface area (Å²) in [4.78, 5) is 36.8. The van der Waals surface area contributed by atoms with E-state index in [1.807, 2.05) is 24.3 Å². The normalized spacial score (nSPS) is 10.5. The molecule has 0 saturated carbocycles. The number of nitrogens with zero attached hydrogens (tertiary/aromatic N) is 1. The Labute approximate surface area is 121 Å². The molecule has 1 aromatic carbocycles. The summed E-state index contributed by atoms with van der Waals surface area (Å²) < 4.78 is 1.59. The van der Waals surface area contributed by atoms with Crippen LogP contribution in [-0.2, 0) is 16.1 Å². The minimum atomic E-state index is -0.191. The Morgan fingerprint density at radius 3 is 2.71 bits per heavy atom. The van der Waals surface area contributed by atoms with Gasteiger partial charge in [-0.25, -0.2) is 4.79 Å². The van der Waals surface area contributed by atoms with Gasteiger partial charge in [0.25, 0.3) is 0 Å². The van der Waals surface area contributed by atoms with Gasteiger partial charge < -0.3 is 15.6 Å². The largest absolute Gasteiger partial charge is 0.356 e. The fourth-order valence-electron chi connectivity index (χ4n) is 2.08. The first-order valence-corrected chi connectivity index (χ1v) is 6.76. The van der Waals surface area contributed by atoms with E-state index >= 15 is 0 Å². The molecule has 7 nitrogen and oxygen atoms in total. The standard InChI is InChI=1S/C14H18N4O3/c1-10(19)15-7-6-13(20)16-8-9-18-12-5-3-2-4-11(12)17-14(18)21/h2-5H,6-9H2,1H3,(H,15,19)(H,16,20)(H,17,21). The van der Waals surface area contributed by atoms with Gasteiger partial charge in [0.15, 0.2) is 0 Å². The number of rotatable bonds is 6. The van der Waals surface area contributed by atoms with E-state index in [-0.39, 0.29) is 23.9 Å². The molecular formula is C14H18N4O3. The van der Waals surface area contributed by atoms with Crippen LogP contribution in [0.3, 0.4) is 0 Å². The molecule has 2 amide bonds. The van der Waals surface area contributed by atoms with Crippen LogP contribution in [0.2, 0.25) is 0 Å². The van der Waals surface area contributed by atoms with Gasteiger partial charge in [0, 0.05) is 33.0 Å². The molecule has 0 unspecified atom stereocenters. The SMILES string of the molecule is CC(=O)NCCC(=O)NCCn1c(=O)[nH]c2ccccc21. The highest BCUT2D eigenvalue weighted by atomic mass is 16.2. The molecule has 1 heterocycles. The second-order valence-electron chi connectivity index (χ2n) is 4.68. The van der Waals surface area contributed by atoms with Crippen LogP contribution in [-0.4, -0.2) is 34.5 Å². The molecule has 0 fully saturated rings. The van der Waals surface area contributed by atoms with Gasteiger partial charge in [-0.3, -0.25) is 14.2 Å². The molecule has 0 aliphatic rings. The summed E-state index contributed by atoms with van der Waals surface area (Å²) in [5.41, 5.74) is 1.40. The van der Waals surface area contributed by atoms with Gasteiger partial charge >= 0.3 is 5.69 Å². The van der Waals surface area contributed by atoms with Crippen molar-refractivity contribution in [2.75, 3.05) is 13.1 Å². The molecule has 7 heteroatoms. The number of carbonyl (C=O) groups excluding carboxylic acids is 2. The van der Waals surface area contributed by atoms with Crippen molar-refractivity contribution >= 4 is 22.8 Å². The number of benzene rings is 1. The summed E-state index contributed by atoms with van der Waals surface area (Å²) in [5, 5.41) is 5.28. The molecule has 0 spiro atoms. The third kappa shape index (κ3) is 3.95. The first kappa shape index (κ1) is 14.8. The van der Waals surface area contributed by atoms with Crippen LogP contribution in [0.4, 0.5) is 0 Å². The number of aromatic nitrogens is 2. The van der Waals surface area contributed by atoms with Crippen molar-refractivity contribution < 1.29 is 9.59 Å². The van der Waals surface area contributed by atoms with Crippen LogP contribution in [0.25, 0.3) is 11.0 Å². The highest BCUT2D eigenvalue weighted by Gasteiger charge is 2.06. The predicted molar refractivity (Wildman–Crippen MR) is 78.9 cm³/mol. The van der Waals surface area contributed by atoms with E-state index in [1.165, 1.54) is 6.92 Å². The second-order valence-corrected chi connectivity index (χ2v) is 4.68. The summed E-state index contributed by atoms with van der Waals surface area (Å²) in [6, 6.07) is 7.40. The molecule has 0 aliphatic carbocycles. The number of fused-ring (bicyclic) bond motifs is 1. The van der Waals surface area contributed by atoms with Crippen LogP contribution < -0.4 is 16.3 Å². The number of carbonyl (C=O) groups is 2. The first-order chi connectivity index (χ1) is 10.1. The van der Waals surface area contributed by atoms with Gasteiger partial charge in [-0.1, -0.05) is 12.1 Å². The molecule has 2 aromatic rings. The van der Waals surface area contributed by atoms with Crippen LogP contribution >= 0.6 is 0 Å². The smallest absolute Gasteiger partial charge is 0.326 e. The van der Waals surface area contributed by atoms with Crippen molar-refractivity contribution in [1.29, 1.82) is 0 Å². The maximum absolute atomic E-state index is 11.8. The quantitative estimate of drug-likeness (QED) is 0.697. The zero-order valence-electron chi connectivity index (χ0n) is 11.8. The molecule has 21 heavy (non-hydrogen) atoms. The highest BCUT2D eigenvalue weighted by molar-refractivity contribution is 5.78. The van der Waals surface area contributed by atoms with Crippen molar-refractivity contribution in [3.63, 3.8) is 0 Å². The van der Waals surface area contributed by atoms with Crippen LogP contribution in [0.15, 0.2) is 29.1 Å². The maximum atomic E-state index is 11.8. The number of H-pyrrole nitrogens is 1. The Hall–Kier alpha value is -2.57. The first-order valence-electron chi connectivity index (χ1n) is 6.76. The number of nitrogens with one attached hydrogen (secondary N) is 3. The van der Waals surface area contributed by atoms with Gasteiger partial charge in [-0.05, 0) is 12.1 Å². The summed E-state index contributed by atoms with van der Waals surface area (Å²) in [5.74, 6) is -0.315. The molecular weight excluding hydrogens is 272 g/mol. The van der Waals surface area contributed by atoms with Gasteiger partial charge in [0.05, 0.1) is 11.0 Å². The monoisotopic (exact) mass is 290 g/mol. The van der Waals surface area contributed by atoms with E-state index in [0.29, 0.717) is 19.6 Å². The van der Waals surface area contributed by atoms with Crippen molar-refractivity contribution in [1.82, 2.24) is 20.2 Å². The zero-order valence-corrected chi connectivity index (χ0v) is 11.8. The molecule has 2 rings (SSSR count). The van der Waals surface area contributed by atoms with E-state index in [4.69, 9.17) is 0 Å². The molecule has 0 bridgehead atoms. The highest BCUT2D eigenvalue weighted by Crippen LogP contribution is 2.08. The number of para-hydroxylation sites is 2. The topological polar surface area (TPSA) is 96.0 Å². The van der Waals surface area contributed by atoms with E-state index in [2.05, 4.69) is 15.6 Å². The summed E-state index contributed by atoms with van der Waals surface area (Å²) in [6.45, 7) is 2.48. The lowest BCUT2D eigenvalue weighted by atomic mass is 10.3. The van der Waals surface area contributed by atoms with Crippen LogP contribution in [0, 0.1) is 0 Å². The maximum Gasteiger partial charge on any atom is 0.326 e. The average Bonchev–Trinajstić information content (AvgIpc) is 2.75. The number of aromatic amines is 1.